The van der Waals surface area contributed by atoms with Crippen LogP contribution in [0.2, 0.25) is 0 Å². The van der Waals surface area contributed by atoms with Crippen LogP contribution in [0.5, 0.6) is 0 Å². The molecule has 12 heteroatoms. The fraction of sp³-hybridized carbons (Fsp3) is 0.963. The Labute approximate surface area is 751 Å². The van der Waals surface area contributed by atoms with E-state index in [0.29, 0.717) is 41.9 Å². The van der Waals surface area contributed by atoms with Gasteiger partial charge >= 0.3 is 0 Å². The number of ether oxygens (including phenoxy) is 3. The zero-order valence-electron chi connectivity index (χ0n) is 86.6. The van der Waals surface area contributed by atoms with Gasteiger partial charge in [0.1, 0.15) is 11.3 Å². The van der Waals surface area contributed by atoms with Crippen molar-refractivity contribution in [2.75, 3.05) is 52.2 Å². The van der Waals surface area contributed by atoms with Gasteiger partial charge in [-0.3, -0.25) is 0 Å². The van der Waals surface area contributed by atoms with Gasteiger partial charge in [-0.25, -0.2) is 35.1 Å². The number of alkyl halides is 8. The number of rotatable bonds is 32. The standard InChI is InChI=1S/C9H16.2C8H14F2.C8H15F.2C8H16.C7H12F2.C7H13F.C7H14O.C7H14S.C7H16.C7H12.C6H14O.C6H14.C5H12O/c1-8(2)7-9-5-3-4-6-9;1-6(2)3-7-4-8(9,10)5-7;1-6(2)8(9,10)7-4-3-5-7;1-7(2)6-8(9)4-3-5-8;1-7(2)6-8(3)4-5-8;1-7(2)6-8-4-3-5-8;1-5(2)3-6-4-7(6,8)9;1-6(2)5-7(8)3-4-7;2*1-6(2)3-7-4-8-5-7;2*1-4-5-6-7(2)3;1-6(2)4-5-7-3;1-4-5-6(2)3;1-5(2)4-6-3/h3,5,8-9H,4,6-7H2,1-2H3;2*6-7H,3-5H2,1-2H3;7H,3-6H2,1-2H3;7H,4-6H2,1-3H3;7-8H,3-6H2,1-2H3;5-6H,3-4H2,1-2H3;6H,3-5H2,1-2H3;2*6-7H,3-5H2,1-2H3;7H,4-6H2,1-3H3;1,7H,5-6H2,2-3H3;6H,4-5H2,1-3H3;6H,4-5H2,1-3H3;5H,4H2,1-3H3. The van der Waals surface area contributed by atoms with Crippen molar-refractivity contribution in [2.45, 2.75) is 482 Å². The molecule has 2 unspecified atom stereocenters. The fourth-order valence-electron chi connectivity index (χ4n) is 15.3. The number of methoxy groups -OCH3 is 2. The van der Waals surface area contributed by atoms with Crippen molar-refractivity contribution in [3.63, 3.8) is 0 Å². The quantitative estimate of drug-likeness (QED) is 0.0381. The van der Waals surface area contributed by atoms with E-state index in [9.17, 15) is 35.1 Å². The van der Waals surface area contributed by atoms with E-state index in [1.54, 1.807) is 28.1 Å². The molecule has 0 N–H and O–H groups in total. The number of hydrogen-bond donors (Lipinski definition) is 0. The number of allylic oxidation sites excluding steroid dienone is 2. The molecule has 10 rings (SSSR count). The lowest BCUT2D eigenvalue weighted by Gasteiger charge is -2.35. The number of thioether (sulfide) groups is 1. The van der Waals surface area contributed by atoms with Crippen LogP contribution < -0.4 is 0 Å². The lowest BCUT2D eigenvalue weighted by atomic mass is 9.77. The van der Waals surface area contributed by atoms with Crippen molar-refractivity contribution in [1.29, 1.82) is 0 Å². The number of hydrogen-bond acceptors (Lipinski definition) is 4. The molecule has 724 valence electrons. The van der Waals surface area contributed by atoms with Gasteiger partial charge in [0.15, 0.2) is 0 Å². The smallest absolute Gasteiger partial charge is 0.253 e. The summed E-state index contributed by atoms with van der Waals surface area (Å²) in [4.78, 5) is 0. The van der Waals surface area contributed by atoms with Crippen LogP contribution in [0, 0.1) is 148 Å². The molecule has 3 nitrogen and oxygen atoms in total. The van der Waals surface area contributed by atoms with Crippen molar-refractivity contribution in [2.24, 2.45) is 136 Å². The minimum absolute atomic E-state index is 0.130. The normalized spacial score (nSPS) is 20.1. The molecule has 0 radical (unpaired) electrons. The van der Waals surface area contributed by atoms with Crippen LogP contribution in [0.15, 0.2) is 12.2 Å². The fourth-order valence-corrected chi connectivity index (χ4v) is 16.1. The van der Waals surface area contributed by atoms with E-state index in [-0.39, 0.29) is 31.1 Å². The average Bonchev–Trinajstić information content (AvgIpc) is 1.41. The zero-order valence-corrected chi connectivity index (χ0v) is 87.4. The maximum atomic E-state index is 13.2. The van der Waals surface area contributed by atoms with E-state index in [2.05, 4.69) is 231 Å². The lowest BCUT2D eigenvalue weighted by molar-refractivity contribution is -0.122. The Bertz CT molecular complexity index is 2180. The van der Waals surface area contributed by atoms with Crippen molar-refractivity contribution >= 4 is 11.8 Å². The van der Waals surface area contributed by atoms with E-state index in [1.807, 2.05) is 13.8 Å². The third-order valence-corrected chi connectivity index (χ3v) is 24.3. The predicted molar refractivity (Wildman–Crippen MR) is 520 cm³/mol. The van der Waals surface area contributed by atoms with E-state index >= 15 is 0 Å². The van der Waals surface area contributed by atoms with Crippen molar-refractivity contribution < 1.29 is 49.3 Å². The Morgan fingerprint density at radius 3 is 1.01 bits per heavy atom. The Morgan fingerprint density at radius 2 is 0.867 bits per heavy atom. The molecular formula is C108H212F8O3S. The molecule has 8 aliphatic carbocycles. The second kappa shape index (κ2) is 72.7. The molecule has 2 aliphatic heterocycles. The molecular weight excluding hydrogens is 1530 g/mol. The molecule has 0 aromatic heterocycles. The molecule has 0 bridgehead atoms. The SMILES string of the molecule is C#CCCC(C)C.CC(C)C(F)(F)C1CCC1.CC(C)CC1(C)CC1.CC(C)CC1(F)CC1.CC(C)CC1(F)CCC1.CC(C)CC1C=CCC1.CC(C)CC1CC(F)(F)C1.CC(C)CC1CC1(F)F.CC(C)CC1CCC1.CC(C)CC1COC1.CC(C)CC1CSC1.CCCC(C)C.CCCCC(C)C.COCC(C)C.COCCC(C)C. The monoisotopic (exact) mass is 1740 g/mol. The second-order valence-electron chi connectivity index (χ2n) is 45.0. The number of terminal acetylenes is 1. The lowest BCUT2D eigenvalue weighted by Crippen LogP contribution is -2.37. The van der Waals surface area contributed by atoms with E-state index in [0.717, 1.165) is 192 Å². The maximum absolute atomic E-state index is 13.2. The highest BCUT2D eigenvalue weighted by atomic mass is 32.2. The first kappa shape index (κ1) is 127. The van der Waals surface area contributed by atoms with Crippen LogP contribution in [0.4, 0.5) is 35.1 Å². The van der Waals surface area contributed by atoms with Gasteiger partial charge in [-0.05, 0) is 265 Å². The summed E-state index contributed by atoms with van der Waals surface area (Å²) in [6.45, 7) is 75.3. The van der Waals surface area contributed by atoms with Gasteiger partial charge < -0.3 is 14.2 Å². The number of unbranched alkanes of at least 4 members (excludes halogenated alkanes) is 1. The van der Waals surface area contributed by atoms with Crippen molar-refractivity contribution in [3.8, 4) is 12.3 Å². The van der Waals surface area contributed by atoms with Gasteiger partial charge in [-0.15, -0.1) is 12.3 Å². The highest BCUT2D eigenvalue weighted by Crippen LogP contribution is 2.52. The Morgan fingerprint density at radius 1 is 0.442 bits per heavy atom. The van der Waals surface area contributed by atoms with Gasteiger partial charge in [0.05, 0.1) is 13.2 Å². The molecule has 120 heavy (non-hydrogen) atoms. The molecule has 0 amide bonds. The summed E-state index contributed by atoms with van der Waals surface area (Å²) in [7, 11) is 3.46. The summed E-state index contributed by atoms with van der Waals surface area (Å²) >= 11 is 2.09. The summed E-state index contributed by atoms with van der Waals surface area (Å²) in [5.41, 5.74) is -0.712. The summed E-state index contributed by atoms with van der Waals surface area (Å²) < 4.78 is 115. The molecule has 0 aromatic carbocycles. The largest absolute Gasteiger partial charge is 0.385 e. The maximum Gasteiger partial charge on any atom is 0.253 e. The molecule has 10 aliphatic rings. The third-order valence-electron chi connectivity index (χ3n) is 22.9. The minimum Gasteiger partial charge on any atom is -0.385 e. The summed E-state index contributed by atoms with van der Waals surface area (Å²) in [6.07, 6.45) is 47.5. The summed E-state index contributed by atoms with van der Waals surface area (Å²) in [5, 5.41) is 0. The van der Waals surface area contributed by atoms with E-state index in [1.165, 1.54) is 127 Å². The molecule has 0 spiro atoms. The molecule has 0 aromatic rings. The molecule has 2 heterocycles. The van der Waals surface area contributed by atoms with Crippen LogP contribution in [-0.4, -0.2) is 81.3 Å². The minimum atomic E-state index is -2.40. The first-order valence-corrected chi connectivity index (χ1v) is 51.3. The average molecular weight is 1740 g/mol. The van der Waals surface area contributed by atoms with Crippen LogP contribution in [0.3, 0.4) is 0 Å². The van der Waals surface area contributed by atoms with E-state index in [4.69, 9.17) is 20.6 Å². The Balaban J connectivity index is -0.000000395. The predicted octanol–water partition coefficient (Wildman–Crippen LogP) is 37.3. The molecule has 7 saturated carbocycles. The molecule has 2 saturated heterocycles. The van der Waals surface area contributed by atoms with Gasteiger partial charge in [0, 0.05) is 76.8 Å². The second-order valence-corrected chi connectivity index (χ2v) is 46.1. The Hall–Kier alpha value is -1.03. The van der Waals surface area contributed by atoms with E-state index < -0.39 is 35.0 Å². The summed E-state index contributed by atoms with van der Waals surface area (Å²) in [6, 6.07) is 0. The van der Waals surface area contributed by atoms with Gasteiger partial charge in [-0.1, -0.05) is 298 Å². The van der Waals surface area contributed by atoms with Crippen molar-refractivity contribution in [1.82, 2.24) is 0 Å². The first-order chi connectivity index (χ1) is 55.4. The number of halogens is 8. The highest BCUT2D eigenvalue weighted by Gasteiger charge is 2.56. The first-order valence-electron chi connectivity index (χ1n) is 50.2. The molecule has 9 fully saturated rings. The topological polar surface area (TPSA) is 27.7 Å². The summed E-state index contributed by atoms with van der Waals surface area (Å²) in [5.74, 6) is 12.1. The zero-order chi connectivity index (χ0) is 93.6. The van der Waals surface area contributed by atoms with Gasteiger partial charge in [0.2, 0.25) is 5.92 Å². The van der Waals surface area contributed by atoms with Crippen LogP contribution >= 0.6 is 11.8 Å². The highest BCUT2D eigenvalue weighted by molar-refractivity contribution is 8.00. The van der Waals surface area contributed by atoms with Crippen molar-refractivity contribution in [3.05, 3.63) is 12.2 Å². The van der Waals surface area contributed by atoms with Gasteiger partial charge in [0.25, 0.3) is 11.8 Å². The van der Waals surface area contributed by atoms with Crippen LogP contribution in [0.25, 0.3) is 0 Å². The van der Waals surface area contributed by atoms with Gasteiger partial charge in [-0.2, -0.15) is 11.8 Å². The third kappa shape index (κ3) is 85.1. The Kier molecular flexibility index (Phi) is 77.3. The van der Waals surface area contributed by atoms with Crippen LogP contribution in [0.1, 0.15) is 453 Å². The van der Waals surface area contributed by atoms with Crippen LogP contribution in [-0.2, 0) is 14.2 Å². The molecule has 2 atom stereocenters.